The summed E-state index contributed by atoms with van der Waals surface area (Å²) in [5.74, 6) is 1.02. The van der Waals surface area contributed by atoms with Crippen molar-refractivity contribution in [2.75, 3.05) is 5.32 Å². The highest BCUT2D eigenvalue weighted by Crippen LogP contribution is 2.26. The number of benzene rings is 1. The van der Waals surface area contributed by atoms with E-state index in [0.29, 0.717) is 17.0 Å². The molecule has 2 N–H and O–H groups in total. The predicted molar refractivity (Wildman–Crippen MR) is 115 cm³/mol. The van der Waals surface area contributed by atoms with Crippen molar-refractivity contribution in [2.45, 2.75) is 45.6 Å². The maximum atomic E-state index is 12.4. The number of anilines is 1. The monoisotopic (exact) mass is 401 g/mol. The summed E-state index contributed by atoms with van der Waals surface area (Å²) >= 11 is 2.98. The van der Waals surface area contributed by atoms with E-state index in [0.717, 1.165) is 26.5 Å². The lowest BCUT2D eigenvalue weighted by Gasteiger charge is -2.13. The topological polar surface area (TPSA) is 74.8 Å². The van der Waals surface area contributed by atoms with E-state index in [2.05, 4.69) is 15.3 Å². The number of rotatable bonds is 5. The van der Waals surface area contributed by atoms with E-state index in [1.54, 1.807) is 0 Å². The summed E-state index contributed by atoms with van der Waals surface area (Å²) < 4.78 is 0. The number of amides is 1. The maximum absolute atomic E-state index is 12.4. The van der Waals surface area contributed by atoms with Gasteiger partial charge in [-0.05, 0) is 63.4 Å². The zero-order valence-corrected chi connectivity index (χ0v) is 17.7. The lowest BCUT2D eigenvalue weighted by atomic mass is 10.1. The number of aryl methyl sites for hydroxylation is 4. The summed E-state index contributed by atoms with van der Waals surface area (Å²) in [4.78, 5) is 34.1. The fraction of sp³-hybridized carbons (Fsp3) is 0.350. The highest BCUT2D eigenvalue weighted by molar-refractivity contribution is 7.99. The number of hydrogen-bond acceptors (Lipinski definition) is 5. The van der Waals surface area contributed by atoms with Gasteiger partial charge in [-0.3, -0.25) is 9.59 Å². The third kappa shape index (κ3) is 4.25. The molecule has 27 heavy (non-hydrogen) atoms. The third-order valence-corrected chi connectivity index (χ3v) is 6.96. The maximum Gasteiger partial charge on any atom is 0.259 e. The van der Waals surface area contributed by atoms with Crippen LogP contribution in [0.25, 0.3) is 10.2 Å². The third-order valence-electron chi connectivity index (χ3n) is 4.70. The predicted octanol–water partition coefficient (Wildman–Crippen LogP) is 4.48. The first-order valence-corrected chi connectivity index (χ1v) is 10.6. The van der Waals surface area contributed by atoms with Crippen LogP contribution in [0.3, 0.4) is 0 Å². The van der Waals surface area contributed by atoms with Gasteiger partial charge in [0.15, 0.2) is 0 Å². The molecular weight excluding hydrogens is 378 g/mol. The van der Waals surface area contributed by atoms with Crippen molar-refractivity contribution in [1.29, 1.82) is 0 Å². The SMILES string of the molecule is Cc1ccc(NC(=O)[C@@H](C)SCc2nc3sc(C)c(C)c3c(=O)[nH]2)cc1C. The van der Waals surface area contributed by atoms with Gasteiger partial charge in [0.05, 0.1) is 16.4 Å². The molecule has 0 radical (unpaired) electrons. The van der Waals surface area contributed by atoms with Crippen LogP contribution in [0.4, 0.5) is 5.69 Å². The second-order valence-electron chi connectivity index (χ2n) is 6.72. The molecule has 5 nitrogen and oxygen atoms in total. The second-order valence-corrected chi connectivity index (χ2v) is 9.25. The zero-order valence-electron chi connectivity index (χ0n) is 16.1. The molecule has 0 saturated carbocycles. The molecule has 1 amide bonds. The summed E-state index contributed by atoms with van der Waals surface area (Å²) in [5, 5.41) is 3.36. The van der Waals surface area contributed by atoms with Gasteiger partial charge in [0.2, 0.25) is 5.91 Å². The lowest BCUT2D eigenvalue weighted by Crippen LogP contribution is -2.23. The second kappa shape index (κ2) is 7.86. The Hall–Kier alpha value is -2.12. The van der Waals surface area contributed by atoms with E-state index in [4.69, 9.17) is 0 Å². The zero-order chi connectivity index (χ0) is 19.7. The molecule has 0 unspecified atom stereocenters. The lowest BCUT2D eigenvalue weighted by molar-refractivity contribution is -0.115. The Labute approximate surface area is 166 Å². The number of carbonyl (C=O) groups excluding carboxylic acids is 1. The number of aromatic amines is 1. The number of carbonyl (C=O) groups is 1. The number of H-pyrrole nitrogens is 1. The number of thiophene rings is 1. The quantitative estimate of drug-likeness (QED) is 0.661. The molecule has 1 aromatic carbocycles. The van der Waals surface area contributed by atoms with Crippen molar-refractivity contribution >= 4 is 44.9 Å². The van der Waals surface area contributed by atoms with E-state index in [9.17, 15) is 9.59 Å². The Balaban J connectivity index is 1.67. The van der Waals surface area contributed by atoms with Gasteiger partial charge in [0, 0.05) is 10.6 Å². The van der Waals surface area contributed by atoms with E-state index in [-0.39, 0.29) is 16.7 Å². The first-order chi connectivity index (χ1) is 12.8. The Morgan fingerprint density at radius 2 is 2.00 bits per heavy atom. The smallest absolute Gasteiger partial charge is 0.259 e. The number of thioether (sulfide) groups is 1. The van der Waals surface area contributed by atoms with Gasteiger partial charge in [-0.15, -0.1) is 23.1 Å². The van der Waals surface area contributed by atoms with Crippen LogP contribution in [-0.4, -0.2) is 21.1 Å². The molecule has 0 aliphatic carbocycles. The fourth-order valence-electron chi connectivity index (χ4n) is 2.71. The van der Waals surface area contributed by atoms with E-state index >= 15 is 0 Å². The van der Waals surface area contributed by atoms with Gasteiger partial charge in [-0.1, -0.05) is 6.07 Å². The first kappa shape index (κ1) is 19.6. The molecule has 2 aromatic heterocycles. The van der Waals surface area contributed by atoms with Crippen molar-refractivity contribution in [3.05, 3.63) is 55.9 Å². The standard InChI is InChI=1S/C20H23N3O2S2/c1-10-6-7-15(8-11(10)2)21-18(24)14(5)26-9-16-22-19(25)17-12(3)13(4)27-20(17)23-16/h6-8,14H,9H2,1-5H3,(H,21,24)(H,22,23,25)/t14-/m1/s1. The van der Waals surface area contributed by atoms with Gasteiger partial charge in [0.25, 0.3) is 5.56 Å². The molecule has 0 saturated heterocycles. The highest BCUT2D eigenvalue weighted by atomic mass is 32.2. The highest BCUT2D eigenvalue weighted by Gasteiger charge is 2.16. The fourth-order valence-corrected chi connectivity index (χ4v) is 4.51. The number of nitrogens with zero attached hydrogens (tertiary/aromatic N) is 1. The average Bonchev–Trinajstić information content (AvgIpc) is 2.90. The van der Waals surface area contributed by atoms with Crippen LogP contribution in [0.2, 0.25) is 0 Å². The Kier molecular flexibility index (Phi) is 5.72. The van der Waals surface area contributed by atoms with Crippen molar-refractivity contribution in [1.82, 2.24) is 9.97 Å². The van der Waals surface area contributed by atoms with E-state index in [1.807, 2.05) is 52.8 Å². The van der Waals surface area contributed by atoms with Crippen LogP contribution < -0.4 is 10.9 Å². The minimum Gasteiger partial charge on any atom is -0.325 e. The minimum atomic E-state index is -0.264. The number of fused-ring (bicyclic) bond motifs is 1. The molecule has 142 valence electrons. The number of nitrogens with one attached hydrogen (secondary N) is 2. The molecule has 2 heterocycles. The molecule has 1 atom stereocenters. The molecule has 0 aliphatic heterocycles. The van der Waals surface area contributed by atoms with Gasteiger partial charge >= 0.3 is 0 Å². The molecule has 0 spiro atoms. The van der Waals surface area contributed by atoms with Crippen LogP contribution in [0.1, 0.15) is 34.3 Å². The normalized spacial score (nSPS) is 12.3. The van der Waals surface area contributed by atoms with Crippen LogP contribution in [-0.2, 0) is 10.5 Å². The summed E-state index contributed by atoms with van der Waals surface area (Å²) in [6, 6.07) is 5.88. The molecule has 0 aliphatic rings. The average molecular weight is 402 g/mol. The van der Waals surface area contributed by atoms with Crippen molar-refractivity contribution < 1.29 is 4.79 Å². The molecule has 3 aromatic rings. The van der Waals surface area contributed by atoms with Crippen LogP contribution in [0.15, 0.2) is 23.0 Å². The minimum absolute atomic E-state index is 0.0607. The van der Waals surface area contributed by atoms with Crippen LogP contribution in [0, 0.1) is 27.7 Å². The summed E-state index contributed by atoms with van der Waals surface area (Å²) in [5.41, 5.74) is 4.02. The molecule has 0 bridgehead atoms. The van der Waals surface area contributed by atoms with E-state index < -0.39 is 0 Å². The largest absolute Gasteiger partial charge is 0.325 e. The number of aromatic nitrogens is 2. The summed E-state index contributed by atoms with van der Waals surface area (Å²) in [6.45, 7) is 9.86. The van der Waals surface area contributed by atoms with Gasteiger partial charge in [-0.2, -0.15) is 0 Å². The van der Waals surface area contributed by atoms with Crippen molar-refractivity contribution in [2.24, 2.45) is 0 Å². The van der Waals surface area contributed by atoms with Gasteiger partial charge in [0.1, 0.15) is 10.7 Å². The number of hydrogen-bond donors (Lipinski definition) is 2. The Morgan fingerprint density at radius 1 is 1.26 bits per heavy atom. The summed E-state index contributed by atoms with van der Waals surface area (Å²) in [6.07, 6.45) is 0. The molecule has 0 fully saturated rings. The van der Waals surface area contributed by atoms with Crippen LogP contribution in [0.5, 0.6) is 0 Å². The van der Waals surface area contributed by atoms with E-state index in [1.165, 1.54) is 28.7 Å². The Morgan fingerprint density at radius 3 is 2.70 bits per heavy atom. The van der Waals surface area contributed by atoms with Crippen LogP contribution >= 0.6 is 23.1 Å². The molecule has 7 heteroatoms. The summed E-state index contributed by atoms with van der Waals surface area (Å²) in [7, 11) is 0. The Bertz CT molecular complexity index is 1070. The van der Waals surface area contributed by atoms with Crippen molar-refractivity contribution in [3.63, 3.8) is 0 Å². The first-order valence-electron chi connectivity index (χ1n) is 8.75. The van der Waals surface area contributed by atoms with Gasteiger partial charge in [-0.25, -0.2) is 4.98 Å². The van der Waals surface area contributed by atoms with Crippen molar-refractivity contribution in [3.8, 4) is 0 Å². The molecule has 3 rings (SSSR count). The van der Waals surface area contributed by atoms with Gasteiger partial charge < -0.3 is 10.3 Å². The molecular formula is C20H23N3O2S2.